The van der Waals surface area contributed by atoms with Gasteiger partial charge in [0.05, 0.1) is 11.3 Å². The number of aliphatic carboxylic acids is 1. The fraction of sp³-hybridized carbons (Fsp3) is 0. The van der Waals surface area contributed by atoms with E-state index in [9.17, 15) is 9.59 Å². The summed E-state index contributed by atoms with van der Waals surface area (Å²) in [5.74, 6) is -2.64. The molecule has 24 heavy (non-hydrogen) atoms. The van der Waals surface area contributed by atoms with Crippen LogP contribution in [-0.4, -0.2) is 31.6 Å². The van der Waals surface area contributed by atoms with Crippen molar-refractivity contribution in [2.75, 3.05) is 0 Å². The molecule has 0 aliphatic rings. The first kappa shape index (κ1) is 15.7. The summed E-state index contributed by atoms with van der Waals surface area (Å²) in [5.41, 5.74) is 0.614. The predicted octanol–water partition coefficient (Wildman–Crippen LogP) is 2.98. The van der Waals surface area contributed by atoms with E-state index in [1.54, 1.807) is 41.2 Å². The summed E-state index contributed by atoms with van der Waals surface area (Å²) >= 11 is 5.84. The minimum absolute atomic E-state index is 0.119. The summed E-state index contributed by atoms with van der Waals surface area (Å²) in [6, 6.07) is 11.4. The van der Waals surface area contributed by atoms with Crippen LogP contribution < -0.4 is 4.74 Å². The number of carbonyl (C=O) groups is 2. The van der Waals surface area contributed by atoms with E-state index < -0.39 is 11.8 Å². The number of nitrogens with zero attached hydrogens (tertiary/aromatic N) is 3. The molecule has 0 bridgehead atoms. The summed E-state index contributed by atoms with van der Waals surface area (Å²) in [5, 5.41) is 13.6. The lowest BCUT2D eigenvalue weighted by atomic mass is 10.2. The molecule has 120 valence electrons. The van der Waals surface area contributed by atoms with Crippen molar-refractivity contribution in [2.24, 2.45) is 0 Å². The quantitative estimate of drug-likeness (QED) is 0.565. The van der Waals surface area contributed by atoms with Crippen LogP contribution in [0.25, 0.3) is 5.69 Å². The molecule has 0 aliphatic carbocycles. The number of benzene rings is 1. The van der Waals surface area contributed by atoms with Gasteiger partial charge in [0.15, 0.2) is 0 Å². The van der Waals surface area contributed by atoms with Gasteiger partial charge in [0.25, 0.3) is 5.78 Å². The number of ketones is 1. The second-order valence-electron chi connectivity index (χ2n) is 4.67. The second-order valence-corrected chi connectivity index (χ2v) is 5.10. The number of ether oxygens (including phenoxy) is 1. The maximum Gasteiger partial charge on any atom is 0.377 e. The van der Waals surface area contributed by atoms with E-state index >= 15 is 0 Å². The fourth-order valence-corrected chi connectivity index (χ4v) is 2.08. The number of aromatic nitrogens is 3. The molecule has 0 unspecified atom stereocenters. The van der Waals surface area contributed by atoms with Gasteiger partial charge >= 0.3 is 5.97 Å². The molecule has 0 fully saturated rings. The van der Waals surface area contributed by atoms with Crippen molar-refractivity contribution in [3.8, 4) is 17.4 Å². The number of carboxylic acids is 1. The monoisotopic (exact) mass is 343 g/mol. The highest BCUT2D eigenvalue weighted by atomic mass is 35.5. The maximum absolute atomic E-state index is 11.7. The van der Waals surface area contributed by atoms with Crippen LogP contribution in [0.2, 0.25) is 5.02 Å². The number of Topliss-reactive ketones (excluding diaryl/α,β-unsaturated/α-hetero) is 1. The SMILES string of the molecule is O=C(O)C(=O)c1cccnc1Oc1ccn(-c2ccc(Cl)cc2)n1. The van der Waals surface area contributed by atoms with Gasteiger partial charge in [-0.2, -0.15) is 0 Å². The van der Waals surface area contributed by atoms with Crippen LogP contribution in [0.1, 0.15) is 10.4 Å². The molecule has 3 aromatic rings. The first-order valence-corrected chi connectivity index (χ1v) is 7.14. The summed E-state index contributed by atoms with van der Waals surface area (Å²) in [4.78, 5) is 26.4. The zero-order valence-electron chi connectivity index (χ0n) is 12.1. The van der Waals surface area contributed by atoms with Gasteiger partial charge in [-0.3, -0.25) is 4.79 Å². The molecule has 0 radical (unpaired) electrons. The highest BCUT2D eigenvalue weighted by Crippen LogP contribution is 2.23. The van der Waals surface area contributed by atoms with Gasteiger partial charge in [-0.1, -0.05) is 11.6 Å². The second kappa shape index (κ2) is 6.51. The molecule has 0 aliphatic heterocycles. The number of hydrogen-bond acceptors (Lipinski definition) is 5. The van der Waals surface area contributed by atoms with Crippen molar-refractivity contribution < 1.29 is 19.4 Å². The zero-order chi connectivity index (χ0) is 17.1. The van der Waals surface area contributed by atoms with Crippen molar-refractivity contribution in [2.45, 2.75) is 0 Å². The molecule has 3 rings (SSSR count). The smallest absolute Gasteiger partial charge is 0.377 e. The molecule has 8 heteroatoms. The number of rotatable bonds is 5. The summed E-state index contributed by atoms with van der Waals surface area (Å²) in [6.45, 7) is 0. The molecule has 7 nitrogen and oxygen atoms in total. The molecule has 1 N–H and O–H groups in total. The lowest BCUT2D eigenvalue weighted by Crippen LogP contribution is -2.14. The Hall–Kier alpha value is -3.19. The van der Waals surface area contributed by atoms with Crippen LogP contribution in [0.4, 0.5) is 0 Å². The molecular weight excluding hydrogens is 334 g/mol. The lowest BCUT2D eigenvalue weighted by Gasteiger charge is -2.05. The Balaban J connectivity index is 1.87. The number of carbonyl (C=O) groups excluding carboxylic acids is 1. The standard InChI is InChI=1S/C16H10ClN3O4/c17-10-3-5-11(6-4-10)20-9-7-13(19-20)24-15-12(2-1-8-18-15)14(21)16(22)23/h1-9H,(H,22,23). The molecule has 0 amide bonds. The molecular formula is C16H10ClN3O4. The molecule has 0 spiro atoms. The van der Waals surface area contributed by atoms with Gasteiger partial charge in [-0.25, -0.2) is 14.5 Å². The van der Waals surface area contributed by atoms with Gasteiger partial charge < -0.3 is 9.84 Å². The summed E-state index contributed by atoms with van der Waals surface area (Å²) in [6.07, 6.45) is 3.05. The third-order valence-electron chi connectivity index (χ3n) is 3.07. The van der Waals surface area contributed by atoms with Crippen LogP contribution in [-0.2, 0) is 4.79 Å². The number of carboxylic acid groups (broad SMARTS) is 1. The normalized spacial score (nSPS) is 10.4. The summed E-state index contributed by atoms with van der Waals surface area (Å²) in [7, 11) is 0. The van der Waals surface area contributed by atoms with Crippen molar-refractivity contribution in [3.63, 3.8) is 0 Å². The van der Waals surface area contributed by atoms with Gasteiger partial charge in [-0.15, -0.1) is 5.10 Å². The number of hydrogen-bond donors (Lipinski definition) is 1. The van der Waals surface area contributed by atoms with E-state index in [4.69, 9.17) is 21.4 Å². The third-order valence-corrected chi connectivity index (χ3v) is 3.32. The summed E-state index contributed by atoms with van der Waals surface area (Å²) < 4.78 is 7.00. The Morgan fingerprint density at radius 3 is 2.58 bits per heavy atom. The van der Waals surface area contributed by atoms with Gasteiger partial charge in [-0.05, 0) is 36.4 Å². The van der Waals surface area contributed by atoms with Crippen molar-refractivity contribution in [1.82, 2.24) is 14.8 Å². The molecule has 0 atom stereocenters. The Morgan fingerprint density at radius 2 is 1.88 bits per heavy atom. The van der Waals surface area contributed by atoms with Crippen molar-refractivity contribution in [1.29, 1.82) is 0 Å². The number of pyridine rings is 1. The van der Waals surface area contributed by atoms with E-state index in [0.29, 0.717) is 5.02 Å². The fourth-order valence-electron chi connectivity index (χ4n) is 1.96. The average molecular weight is 344 g/mol. The van der Waals surface area contributed by atoms with Crippen molar-refractivity contribution in [3.05, 3.63) is 65.4 Å². The van der Waals surface area contributed by atoms with Gasteiger partial charge in [0.2, 0.25) is 11.8 Å². The Labute approximate surface area is 141 Å². The predicted molar refractivity (Wildman–Crippen MR) is 84.9 cm³/mol. The average Bonchev–Trinajstić information content (AvgIpc) is 3.04. The van der Waals surface area contributed by atoms with Crippen LogP contribution in [0.3, 0.4) is 0 Å². The Bertz CT molecular complexity index is 906. The molecule has 1 aromatic carbocycles. The highest BCUT2D eigenvalue weighted by Gasteiger charge is 2.21. The minimum atomic E-state index is -1.58. The molecule has 2 aromatic heterocycles. The molecule has 0 saturated carbocycles. The van der Waals surface area contributed by atoms with Crippen LogP contribution >= 0.6 is 11.6 Å². The van der Waals surface area contributed by atoms with Crippen LogP contribution in [0, 0.1) is 0 Å². The molecule has 0 saturated heterocycles. The Kier molecular flexibility index (Phi) is 4.26. The van der Waals surface area contributed by atoms with Crippen LogP contribution in [0.5, 0.6) is 11.8 Å². The zero-order valence-corrected chi connectivity index (χ0v) is 12.8. The number of halogens is 1. The van der Waals surface area contributed by atoms with E-state index in [0.717, 1.165) is 5.69 Å². The minimum Gasteiger partial charge on any atom is -0.475 e. The highest BCUT2D eigenvalue weighted by molar-refractivity contribution is 6.40. The van der Waals surface area contributed by atoms with E-state index in [-0.39, 0.29) is 17.3 Å². The van der Waals surface area contributed by atoms with E-state index in [1.807, 2.05) is 0 Å². The Morgan fingerprint density at radius 1 is 1.12 bits per heavy atom. The van der Waals surface area contributed by atoms with Crippen LogP contribution in [0.15, 0.2) is 54.9 Å². The third kappa shape index (κ3) is 3.26. The first-order valence-electron chi connectivity index (χ1n) is 6.77. The largest absolute Gasteiger partial charge is 0.475 e. The van der Waals surface area contributed by atoms with Gasteiger partial charge in [0, 0.05) is 23.5 Å². The van der Waals surface area contributed by atoms with Gasteiger partial charge in [0.1, 0.15) is 0 Å². The van der Waals surface area contributed by atoms with E-state index in [2.05, 4.69) is 10.1 Å². The maximum atomic E-state index is 11.7. The van der Waals surface area contributed by atoms with E-state index in [1.165, 1.54) is 18.3 Å². The lowest BCUT2D eigenvalue weighted by molar-refractivity contribution is -0.131. The first-order chi connectivity index (χ1) is 11.5. The molecule has 2 heterocycles. The van der Waals surface area contributed by atoms with Crippen molar-refractivity contribution >= 4 is 23.4 Å². The topological polar surface area (TPSA) is 94.3 Å².